The van der Waals surface area contributed by atoms with Crippen molar-refractivity contribution in [3.05, 3.63) is 78.6 Å². The van der Waals surface area contributed by atoms with Crippen LogP contribution in [-0.4, -0.2) is 22.2 Å². The average molecular weight is 556 g/mol. The van der Waals surface area contributed by atoms with Gasteiger partial charge in [-0.25, -0.2) is 4.99 Å². The average Bonchev–Trinajstić information content (AvgIpc) is 3.17. The molecule has 0 saturated carbocycles. The standard InChI is InChI=1S/C26H26BrN3O4S/c1-26(2,3)16-9-10-19-21(12-16)35-25(22(19)24(32)29-17-7-5-4-6-8-17)28-14-15-11-18(30(33)34)13-20(27)23(15)31/h4-8,11,13-14,16,31H,9-10,12H2,1-3H3,(H,29,32)/t16-/m0/s1. The molecule has 182 valence electrons. The molecule has 4 rings (SSSR count). The number of non-ortho nitro benzene ring substituents is 1. The quantitative estimate of drug-likeness (QED) is 0.196. The number of aromatic hydroxyl groups is 1. The first-order valence-electron chi connectivity index (χ1n) is 11.3. The van der Waals surface area contributed by atoms with Gasteiger partial charge in [-0.15, -0.1) is 11.3 Å². The smallest absolute Gasteiger partial charge is 0.271 e. The Hall–Kier alpha value is -3.04. The zero-order chi connectivity index (χ0) is 25.3. The molecule has 7 nitrogen and oxygen atoms in total. The number of nitro groups is 1. The molecule has 0 unspecified atom stereocenters. The number of nitrogens with zero attached hydrogens (tertiary/aromatic N) is 2. The van der Waals surface area contributed by atoms with Crippen LogP contribution in [-0.2, 0) is 12.8 Å². The van der Waals surface area contributed by atoms with Crippen molar-refractivity contribution in [2.75, 3.05) is 5.32 Å². The van der Waals surface area contributed by atoms with Gasteiger partial charge in [0.25, 0.3) is 11.6 Å². The van der Waals surface area contributed by atoms with Crippen molar-refractivity contribution in [1.82, 2.24) is 0 Å². The summed E-state index contributed by atoms with van der Waals surface area (Å²) in [6.07, 6.45) is 4.03. The molecule has 1 aliphatic rings. The van der Waals surface area contributed by atoms with E-state index >= 15 is 0 Å². The van der Waals surface area contributed by atoms with Crippen molar-refractivity contribution in [1.29, 1.82) is 0 Å². The second kappa shape index (κ2) is 9.91. The van der Waals surface area contributed by atoms with Gasteiger partial charge < -0.3 is 10.4 Å². The molecule has 2 aromatic carbocycles. The molecular weight excluding hydrogens is 530 g/mol. The predicted octanol–water partition coefficient (Wildman–Crippen LogP) is 7.28. The van der Waals surface area contributed by atoms with E-state index in [1.54, 1.807) is 0 Å². The first-order valence-corrected chi connectivity index (χ1v) is 12.9. The molecule has 0 radical (unpaired) electrons. The molecule has 1 aromatic heterocycles. The van der Waals surface area contributed by atoms with E-state index in [0.29, 0.717) is 22.2 Å². The Bertz CT molecular complexity index is 1310. The maximum atomic E-state index is 13.4. The monoisotopic (exact) mass is 555 g/mol. The molecule has 1 aliphatic carbocycles. The van der Waals surface area contributed by atoms with E-state index < -0.39 is 4.92 Å². The lowest BCUT2D eigenvalue weighted by Gasteiger charge is -2.33. The van der Waals surface area contributed by atoms with Crippen LogP contribution >= 0.6 is 27.3 Å². The molecule has 0 spiro atoms. The zero-order valence-electron chi connectivity index (χ0n) is 19.7. The van der Waals surface area contributed by atoms with E-state index in [0.717, 1.165) is 29.7 Å². The number of hydrogen-bond donors (Lipinski definition) is 2. The number of phenolic OH excluding ortho intramolecular Hbond substituents is 1. The largest absolute Gasteiger partial charge is 0.506 e. The third-order valence-electron chi connectivity index (χ3n) is 6.34. The minimum Gasteiger partial charge on any atom is -0.506 e. The van der Waals surface area contributed by atoms with Gasteiger partial charge in [0, 0.05) is 34.5 Å². The number of rotatable bonds is 5. The lowest BCUT2D eigenvalue weighted by Crippen LogP contribution is -2.27. The molecule has 0 fully saturated rings. The van der Waals surface area contributed by atoms with Crippen molar-refractivity contribution >= 4 is 55.8 Å². The summed E-state index contributed by atoms with van der Waals surface area (Å²) >= 11 is 4.63. The number of benzene rings is 2. The maximum absolute atomic E-state index is 13.4. The van der Waals surface area contributed by atoms with Crippen LogP contribution in [0.25, 0.3) is 0 Å². The number of carbonyl (C=O) groups is 1. The van der Waals surface area contributed by atoms with Gasteiger partial charge in [-0.2, -0.15) is 0 Å². The summed E-state index contributed by atoms with van der Waals surface area (Å²) in [7, 11) is 0. The summed E-state index contributed by atoms with van der Waals surface area (Å²) in [4.78, 5) is 29.8. The summed E-state index contributed by atoms with van der Waals surface area (Å²) in [5, 5.41) is 25.2. The zero-order valence-corrected chi connectivity index (χ0v) is 22.1. The van der Waals surface area contributed by atoms with Crippen molar-refractivity contribution in [3.63, 3.8) is 0 Å². The van der Waals surface area contributed by atoms with Crippen LogP contribution in [0.3, 0.4) is 0 Å². The number of carbonyl (C=O) groups excluding carboxylic acids is 1. The maximum Gasteiger partial charge on any atom is 0.271 e. The minimum atomic E-state index is -0.531. The highest BCUT2D eigenvalue weighted by molar-refractivity contribution is 9.10. The van der Waals surface area contributed by atoms with Crippen LogP contribution in [0, 0.1) is 21.4 Å². The van der Waals surface area contributed by atoms with Gasteiger partial charge in [0.2, 0.25) is 0 Å². The number of phenols is 1. The number of nitrogens with one attached hydrogen (secondary N) is 1. The van der Waals surface area contributed by atoms with Crippen molar-refractivity contribution in [2.24, 2.45) is 16.3 Å². The van der Waals surface area contributed by atoms with Gasteiger partial charge in [0.05, 0.1) is 15.0 Å². The number of halogens is 1. The van der Waals surface area contributed by atoms with E-state index in [2.05, 4.69) is 47.0 Å². The number of para-hydroxylation sites is 1. The third-order valence-corrected chi connectivity index (χ3v) is 8.11. The summed E-state index contributed by atoms with van der Waals surface area (Å²) in [5.41, 5.74) is 2.41. The Morgan fingerprint density at radius 1 is 1.29 bits per heavy atom. The second-order valence-electron chi connectivity index (χ2n) is 9.69. The SMILES string of the molecule is CC(C)(C)[C@H]1CCc2c(sc(N=Cc3cc([N+](=O)[O-])cc(Br)c3O)c2C(=O)Nc2ccccc2)C1. The molecule has 0 bridgehead atoms. The van der Waals surface area contributed by atoms with Gasteiger partial charge in [-0.1, -0.05) is 39.0 Å². The number of fused-ring (bicyclic) bond motifs is 1. The fraction of sp³-hybridized carbons (Fsp3) is 0.308. The Morgan fingerprint density at radius 3 is 2.66 bits per heavy atom. The van der Waals surface area contributed by atoms with Gasteiger partial charge in [-0.05, 0) is 64.2 Å². The lowest BCUT2D eigenvalue weighted by atomic mass is 9.72. The summed E-state index contributed by atoms with van der Waals surface area (Å²) in [5.74, 6) is 0.107. The summed E-state index contributed by atoms with van der Waals surface area (Å²) in [6.45, 7) is 6.71. The predicted molar refractivity (Wildman–Crippen MR) is 143 cm³/mol. The van der Waals surface area contributed by atoms with Gasteiger partial charge in [-0.3, -0.25) is 14.9 Å². The van der Waals surface area contributed by atoms with E-state index in [4.69, 9.17) is 0 Å². The van der Waals surface area contributed by atoms with Gasteiger partial charge >= 0.3 is 0 Å². The Morgan fingerprint density at radius 2 is 2.00 bits per heavy atom. The Balaban J connectivity index is 1.76. The normalized spacial score (nSPS) is 15.7. The topological polar surface area (TPSA) is 105 Å². The van der Waals surface area contributed by atoms with Crippen LogP contribution in [0.15, 0.2) is 51.9 Å². The van der Waals surface area contributed by atoms with Crippen LogP contribution in [0.5, 0.6) is 5.75 Å². The summed E-state index contributed by atoms with van der Waals surface area (Å²) in [6, 6.07) is 11.7. The van der Waals surface area contributed by atoms with E-state index in [1.165, 1.54) is 29.7 Å². The fourth-order valence-electron chi connectivity index (χ4n) is 4.29. The third kappa shape index (κ3) is 5.46. The highest BCUT2D eigenvalue weighted by atomic mass is 79.9. The van der Waals surface area contributed by atoms with Crippen molar-refractivity contribution < 1.29 is 14.8 Å². The molecular formula is C26H26BrN3O4S. The molecule has 1 amide bonds. The van der Waals surface area contributed by atoms with Crippen molar-refractivity contribution in [3.8, 4) is 5.75 Å². The molecule has 0 aliphatic heterocycles. The summed E-state index contributed by atoms with van der Waals surface area (Å²) < 4.78 is 0.202. The number of aliphatic imine (C=N–C) groups is 1. The molecule has 35 heavy (non-hydrogen) atoms. The van der Waals surface area contributed by atoms with Gasteiger partial charge in [0.1, 0.15) is 10.8 Å². The number of hydrogen-bond acceptors (Lipinski definition) is 6. The lowest BCUT2D eigenvalue weighted by molar-refractivity contribution is -0.385. The molecule has 9 heteroatoms. The molecule has 1 atom stereocenters. The Kier molecular flexibility index (Phi) is 7.10. The minimum absolute atomic E-state index is 0.149. The van der Waals surface area contributed by atoms with Crippen LogP contribution in [0.2, 0.25) is 0 Å². The second-order valence-corrected chi connectivity index (χ2v) is 11.6. The number of amides is 1. The molecule has 2 N–H and O–H groups in total. The molecule has 0 saturated heterocycles. The first kappa shape index (κ1) is 25.1. The number of thiophene rings is 1. The highest BCUT2D eigenvalue weighted by Gasteiger charge is 2.33. The van der Waals surface area contributed by atoms with E-state index in [-0.39, 0.29) is 32.8 Å². The van der Waals surface area contributed by atoms with Crippen molar-refractivity contribution in [2.45, 2.75) is 40.0 Å². The Labute approximate surface area is 216 Å². The number of nitro benzene ring substituents is 1. The van der Waals surface area contributed by atoms with Crippen LogP contribution in [0.4, 0.5) is 16.4 Å². The molecule has 1 heterocycles. The van der Waals surface area contributed by atoms with Crippen LogP contribution in [0.1, 0.15) is 53.6 Å². The van der Waals surface area contributed by atoms with Crippen LogP contribution < -0.4 is 5.32 Å². The molecule has 3 aromatic rings. The van der Waals surface area contributed by atoms with E-state index in [1.807, 2.05) is 30.3 Å². The van der Waals surface area contributed by atoms with E-state index in [9.17, 15) is 20.0 Å². The van der Waals surface area contributed by atoms with Gasteiger partial charge in [0.15, 0.2) is 0 Å². The highest BCUT2D eigenvalue weighted by Crippen LogP contribution is 2.45. The number of anilines is 1. The fourth-order valence-corrected chi connectivity index (χ4v) is 6.02. The first-order chi connectivity index (χ1) is 16.5.